The number of unbranched alkanes of at least 4 members (excludes halogenated alkanes) is 44. The smallest absolute Gasteiger partial charge is 0.462 e. The molecule has 0 aromatic carbocycles. The van der Waals surface area contributed by atoms with E-state index in [-0.39, 0.29) is 25.7 Å². The van der Waals surface area contributed by atoms with Crippen molar-refractivity contribution in [2.75, 3.05) is 39.6 Å². The third-order valence-corrected chi connectivity index (χ3v) is 21.3. The normalized spacial score (nSPS) is 14.3. The van der Waals surface area contributed by atoms with Crippen LogP contribution in [0.1, 0.15) is 421 Å². The van der Waals surface area contributed by atoms with E-state index >= 15 is 0 Å². The molecule has 0 saturated carbocycles. The van der Waals surface area contributed by atoms with Gasteiger partial charge in [-0.3, -0.25) is 37.3 Å². The zero-order valence-corrected chi connectivity index (χ0v) is 68.3. The molecule has 19 heteroatoms. The van der Waals surface area contributed by atoms with Crippen molar-refractivity contribution < 1.29 is 80.2 Å². The molecular formula is C82H160O17P2. The van der Waals surface area contributed by atoms with E-state index in [1.807, 2.05) is 0 Å². The number of aliphatic hydroxyl groups is 1. The largest absolute Gasteiger partial charge is 0.472 e. The van der Waals surface area contributed by atoms with Gasteiger partial charge in [0.2, 0.25) is 0 Å². The summed E-state index contributed by atoms with van der Waals surface area (Å²) in [5.41, 5.74) is 0. The lowest BCUT2D eigenvalue weighted by Crippen LogP contribution is -2.30. The van der Waals surface area contributed by atoms with Crippen LogP contribution in [-0.4, -0.2) is 96.7 Å². The van der Waals surface area contributed by atoms with Crippen molar-refractivity contribution >= 4 is 39.5 Å². The first-order valence-corrected chi connectivity index (χ1v) is 45.2. The van der Waals surface area contributed by atoms with Gasteiger partial charge in [0.05, 0.1) is 26.4 Å². The van der Waals surface area contributed by atoms with Crippen LogP contribution in [0.25, 0.3) is 0 Å². The second-order valence-electron chi connectivity index (χ2n) is 31.2. The van der Waals surface area contributed by atoms with Crippen LogP contribution in [0.5, 0.6) is 0 Å². The molecule has 101 heavy (non-hydrogen) atoms. The van der Waals surface area contributed by atoms with Crippen molar-refractivity contribution in [2.24, 2.45) is 23.7 Å². The Morgan fingerprint density at radius 2 is 0.475 bits per heavy atom. The van der Waals surface area contributed by atoms with E-state index in [9.17, 15) is 43.2 Å². The summed E-state index contributed by atoms with van der Waals surface area (Å²) in [6, 6.07) is 0. The van der Waals surface area contributed by atoms with Crippen LogP contribution in [0, 0.1) is 23.7 Å². The van der Waals surface area contributed by atoms with Gasteiger partial charge in [-0.2, -0.15) is 0 Å². The summed E-state index contributed by atoms with van der Waals surface area (Å²) in [5, 5.41) is 10.6. The van der Waals surface area contributed by atoms with E-state index in [0.29, 0.717) is 31.6 Å². The third-order valence-electron chi connectivity index (χ3n) is 19.4. The standard InChI is InChI=1S/C82H160O17P2/c1-9-75(8)61-53-45-37-29-23-19-16-17-20-24-30-38-46-54-62-79(84)92-68-77(98-81(86)64-56-48-39-31-25-21-15-13-11-10-12-14-18-22-27-34-42-50-58-72(2)3)70-96-100(88,89)94-66-76(83)67-95-101(90,91)97-71-78(69-93-80(85)63-55-47-41-33-36-44-52-60-74(6)7)99-82(87)65-57-49-40-32-26-28-35-43-51-59-73(4)5/h72-78,83H,9-71H2,1-8H3,(H,88,89)(H,90,91)/t75?,76?,77-,78-/m1/s1. The third kappa shape index (κ3) is 74.7. The van der Waals surface area contributed by atoms with Crippen LogP contribution < -0.4 is 0 Å². The lowest BCUT2D eigenvalue weighted by molar-refractivity contribution is -0.161. The first kappa shape index (κ1) is 99.1. The molecule has 0 amide bonds. The fraction of sp³-hybridized carbons (Fsp3) is 0.951. The topological polar surface area (TPSA) is 237 Å². The molecule has 0 fully saturated rings. The molecule has 0 aliphatic heterocycles. The number of carbonyl (C=O) groups is 4. The molecule has 0 aromatic rings. The van der Waals surface area contributed by atoms with E-state index < -0.39 is 97.5 Å². The molecule has 0 rings (SSSR count). The van der Waals surface area contributed by atoms with Gasteiger partial charge in [0.1, 0.15) is 19.3 Å². The molecule has 0 aliphatic carbocycles. The number of rotatable bonds is 79. The molecule has 3 N–H and O–H groups in total. The predicted octanol–water partition coefficient (Wildman–Crippen LogP) is 24.4. The minimum absolute atomic E-state index is 0.104. The van der Waals surface area contributed by atoms with Gasteiger partial charge in [-0.05, 0) is 49.4 Å². The number of phosphoric acid groups is 2. The summed E-state index contributed by atoms with van der Waals surface area (Å²) in [4.78, 5) is 73.0. The molecule has 6 atom stereocenters. The van der Waals surface area contributed by atoms with Gasteiger partial charge in [-0.1, -0.05) is 370 Å². The molecule has 0 saturated heterocycles. The molecular weight excluding hydrogens is 1320 g/mol. The zero-order valence-electron chi connectivity index (χ0n) is 66.5. The van der Waals surface area contributed by atoms with E-state index in [2.05, 4.69) is 55.4 Å². The molecule has 0 radical (unpaired) electrons. The number of ether oxygens (including phenoxy) is 4. The monoisotopic (exact) mass is 1480 g/mol. The molecule has 17 nitrogen and oxygen atoms in total. The van der Waals surface area contributed by atoms with Crippen LogP contribution in [0.15, 0.2) is 0 Å². The molecule has 4 unspecified atom stereocenters. The summed E-state index contributed by atoms with van der Waals surface area (Å²) >= 11 is 0. The lowest BCUT2D eigenvalue weighted by Gasteiger charge is -2.21. The highest BCUT2D eigenvalue weighted by Crippen LogP contribution is 2.45. The van der Waals surface area contributed by atoms with Crippen LogP contribution >= 0.6 is 15.6 Å². The summed E-state index contributed by atoms with van der Waals surface area (Å²) in [6.07, 6.45) is 58.4. The Bertz CT molecular complexity index is 1970. The van der Waals surface area contributed by atoms with Crippen molar-refractivity contribution in [3.05, 3.63) is 0 Å². The highest BCUT2D eigenvalue weighted by atomic mass is 31.2. The van der Waals surface area contributed by atoms with Crippen molar-refractivity contribution in [1.29, 1.82) is 0 Å². The van der Waals surface area contributed by atoms with E-state index in [4.69, 9.17) is 37.0 Å². The maximum atomic E-state index is 13.1. The lowest BCUT2D eigenvalue weighted by atomic mass is 9.99. The Morgan fingerprint density at radius 1 is 0.277 bits per heavy atom. The minimum atomic E-state index is -4.96. The number of aliphatic hydroxyl groups excluding tert-OH is 1. The van der Waals surface area contributed by atoms with Gasteiger partial charge in [0, 0.05) is 25.7 Å². The average molecular weight is 1480 g/mol. The Hall–Kier alpha value is -1.94. The molecule has 0 spiro atoms. The molecule has 0 aliphatic rings. The number of esters is 4. The average Bonchev–Trinajstić information content (AvgIpc) is 0.928. The van der Waals surface area contributed by atoms with Gasteiger partial charge in [-0.25, -0.2) is 9.13 Å². The van der Waals surface area contributed by atoms with Crippen molar-refractivity contribution in [3.8, 4) is 0 Å². The van der Waals surface area contributed by atoms with Crippen molar-refractivity contribution in [2.45, 2.75) is 440 Å². The van der Waals surface area contributed by atoms with Gasteiger partial charge < -0.3 is 33.8 Å². The highest BCUT2D eigenvalue weighted by Gasteiger charge is 2.30. The Kier molecular flexibility index (Phi) is 69.6. The maximum absolute atomic E-state index is 13.1. The second kappa shape index (κ2) is 71.0. The summed E-state index contributed by atoms with van der Waals surface area (Å²) in [5.74, 6) is 0.997. The highest BCUT2D eigenvalue weighted by molar-refractivity contribution is 7.47. The predicted molar refractivity (Wildman–Crippen MR) is 414 cm³/mol. The van der Waals surface area contributed by atoms with Crippen molar-refractivity contribution in [3.63, 3.8) is 0 Å². The second-order valence-corrected chi connectivity index (χ2v) is 34.1. The number of hydrogen-bond donors (Lipinski definition) is 3. The maximum Gasteiger partial charge on any atom is 0.472 e. The van der Waals surface area contributed by atoms with E-state index in [0.717, 1.165) is 114 Å². The number of carbonyl (C=O) groups excluding carboxylic acids is 4. The Morgan fingerprint density at radius 3 is 0.703 bits per heavy atom. The van der Waals surface area contributed by atoms with E-state index in [1.165, 1.54) is 218 Å². The fourth-order valence-corrected chi connectivity index (χ4v) is 14.2. The van der Waals surface area contributed by atoms with Crippen LogP contribution in [0.4, 0.5) is 0 Å². The Balaban J connectivity index is 5.22. The Labute approximate surface area is 619 Å². The molecule has 0 bridgehead atoms. The first-order valence-electron chi connectivity index (χ1n) is 42.2. The summed E-state index contributed by atoms with van der Waals surface area (Å²) in [7, 11) is -9.92. The molecule has 0 heterocycles. The number of phosphoric ester groups is 2. The van der Waals surface area contributed by atoms with Gasteiger partial charge in [0.15, 0.2) is 12.2 Å². The van der Waals surface area contributed by atoms with Crippen molar-refractivity contribution in [1.82, 2.24) is 0 Å². The minimum Gasteiger partial charge on any atom is -0.462 e. The van der Waals surface area contributed by atoms with E-state index in [1.54, 1.807) is 0 Å². The quantitative estimate of drug-likeness (QED) is 0.0222. The van der Waals surface area contributed by atoms with Crippen LogP contribution in [-0.2, 0) is 65.4 Å². The SMILES string of the molecule is CCC(C)CCCCCCCCCCCCCCCCC(=O)OC[C@H](COP(=O)(O)OCC(O)COP(=O)(O)OC[C@@H](COC(=O)CCCCCCCCCC(C)C)OC(=O)CCCCCCCCCCCC(C)C)OC(=O)CCCCCCCCCCCCCCCCCCCCC(C)C. The number of hydrogen-bond acceptors (Lipinski definition) is 15. The summed E-state index contributed by atoms with van der Waals surface area (Å²) < 4.78 is 68.7. The molecule has 0 aromatic heterocycles. The summed E-state index contributed by atoms with van der Waals surface area (Å²) in [6.45, 7) is 14.3. The van der Waals surface area contributed by atoms with Gasteiger partial charge >= 0.3 is 39.5 Å². The fourth-order valence-electron chi connectivity index (χ4n) is 12.6. The van der Waals surface area contributed by atoms with Gasteiger partial charge in [-0.15, -0.1) is 0 Å². The molecule has 600 valence electrons. The first-order chi connectivity index (χ1) is 48.6. The van der Waals surface area contributed by atoms with Crippen LogP contribution in [0.3, 0.4) is 0 Å². The van der Waals surface area contributed by atoms with Gasteiger partial charge in [0.25, 0.3) is 0 Å². The van der Waals surface area contributed by atoms with Crippen LogP contribution in [0.2, 0.25) is 0 Å². The zero-order chi connectivity index (χ0) is 74.6.